The Morgan fingerprint density at radius 2 is 2.21 bits per heavy atom. The van der Waals surface area contributed by atoms with Gasteiger partial charge in [-0.1, -0.05) is 0 Å². The first-order valence-electron chi connectivity index (χ1n) is 5.15. The summed E-state index contributed by atoms with van der Waals surface area (Å²) in [5.74, 6) is 0. The predicted octanol–water partition coefficient (Wildman–Crippen LogP) is 4.17. The maximum atomic E-state index is 2.27. The quantitative estimate of drug-likeness (QED) is 0.642. The Morgan fingerprint density at radius 1 is 1.29 bits per heavy atom. The van der Waals surface area contributed by atoms with Crippen molar-refractivity contribution in [1.82, 2.24) is 0 Å². The Bertz CT molecular complexity index is 256. The molecule has 0 spiro atoms. The Labute approximate surface area is 93.5 Å². The molecule has 14 heavy (non-hydrogen) atoms. The van der Waals surface area contributed by atoms with Gasteiger partial charge in [0, 0.05) is 0 Å². The van der Waals surface area contributed by atoms with Gasteiger partial charge < -0.3 is 0 Å². The van der Waals surface area contributed by atoms with Crippen LogP contribution in [0.5, 0.6) is 0 Å². The van der Waals surface area contributed by atoms with Gasteiger partial charge in [-0.15, -0.1) is 0 Å². The molecule has 0 heterocycles. The summed E-state index contributed by atoms with van der Waals surface area (Å²) in [5.41, 5.74) is 0. The molecule has 1 rings (SSSR count). The average Bonchev–Trinajstić information content (AvgIpc) is 2.15. The van der Waals surface area contributed by atoms with Crippen LogP contribution in [0.4, 0.5) is 0 Å². The molecule has 0 saturated heterocycles. The molecule has 0 N–H and O–H groups in total. The fourth-order valence-corrected chi connectivity index (χ4v) is 2.20. The van der Waals surface area contributed by atoms with Gasteiger partial charge in [-0.2, -0.15) is 0 Å². The fourth-order valence-electron chi connectivity index (χ4n) is 1.23. The van der Waals surface area contributed by atoms with E-state index < -0.39 is 0 Å². The molecule has 0 unspecified atom stereocenters. The van der Waals surface area contributed by atoms with E-state index in [2.05, 4.69) is 41.5 Å². The molecule has 0 bridgehead atoms. The zero-order valence-corrected chi connectivity index (χ0v) is 9.74. The van der Waals surface area contributed by atoms with Crippen molar-refractivity contribution in [3.05, 3.63) is 46.0 Å². The molecule has 79 valence electrons. The third kappa shape index (κ3) is 5.25. The first-order valence-corrected chi connectivity index (χ1v) is 6.28. The molecule has 0 nitrogen and oxygen atoms in total. The molecular formula is C13H18Co. The van der Waals surface area contributed by atoms with Crippen LogP contribution in [0.3, 0.4) is 0 Å². The number of hydrogen-bond acceptors (Lipinski definition) is 0. The molecule has 0 atom stereocenters. The van der Waals surface area contributed by atoms with E-state index in [1.165, 1.54) is 44.9 Å². The SMILES string of the molecule is CC=CC=[CH][Co][C]1=CC=CCCCC1. The second kappa shape index (κ2) is 7.83. The molecule has 0 aromatic rings. The Morgan fingerprint density at radius 3 is 3.07 bits per heavy atom. The van der Waals surface area contributed by atoms with Gasteiger partial charge in [0.25, 0.3) is 0 Å². The maximum absolute atomic E-state index is 2.27. The van der Waals surface area contributed by atoms with Crippen molar-refractivity contribution in [3.8, 4) is 0 Å². The van der Waals surface area contributed by atoms with Crippen LogP contribution < -0.4 is 0 Å². The number of rotatable bonds is 3. The summed E-state index contributed by atoms with van der Waals surface area (Å²) in [6.07, 6.45) is 18.1. The van der Waals surface area contributed by atoms with E-state index in [9.17, 15) is 0 Å². The van der Waals surface area contributed by atoms with Gasteiger partial charge in [-0.25, -0.2) is 0 Å². The summed E-state index contributed by atoms with van der Waals surface area (Å²) < 4.78 is 1.53. The summed E-state index contributed by atoms with van der Waals surface area (Å²) in [4.78, 5) is 0. The zero-order chi connectivity index (χ0) is 10.1. The van der Waals surface area contributed by atoms with Crippen LogP contribution >= 0.6 is 0 Å². The summed E-state index contributed by atoms with van der Waals surface area (Å²) in [6.45, 7) is 2.04. The molecule has 0 aromatic carbocycles. The predicted molar refractivity (Wildman–Crippen MR) is 59.6 cm³/mol. The summed E-state index contributed by atoms with van der Waals surface area (Å²) >= 11 is 1.38. The van der Waals surface area contributed by atoms with E-state index in [4.69, 9.17) is 0 Å². The Hall–Kier alpha value is -0.534. The van der Waals surface area contributed by atoms with Crippen molar-refractivity contribution in [2.24, 2.45) is 0 Å². The molecule has 0 amide bonds. The van der Waals surface area contributed by atoms with Gasteiger partial charge in [0.1, 0.15) is 0 Å². The van der Waals surface area contributed by atoms with Gasteiger partial charge in [0.15, 0.2) is 0 Å². The van der Waals surface area contributed by atoms with Crippen LogP contribution in [0.2, 0.25) is 0 Å². The average molecular weight is 233 g/mol. The van der Waals surface area contributed by atoms with Crippen molar-refractivity contribution in [2.75, 3.05) is 0 Å². The fraction of sp³-hybridized carbons (Fsp3) is 0.385. The van der Waals surface area contributed by atoms with Gasteiger partial charge >= 0.3 is 93.3 Å². The third-order valence-corrected chi connectivity index (χ3v) is 3.17. The molecule has 1 aliphatic carbocycles. The van der Waals surface area contributed by atoms with E-state index in [-0.39, 0.29) is 0 Å². The van der Waals surface area contributed by atoms with Crippen LogP contribution in [-0.4, -0.2) is 0 Å². The normalized spacial score (nSPS) is 18.8. The molecule has 0 aliphatic heterocycles. The second-order valence-corrected chi connectivity index (χ2v) is 4.50. The molecule has 1 heteroatoms. The van der Waals surface area contributed by atoms with Crippen molar-refractivity contribution in [1.29, 1.82) is 0 Å². The molecule has 1 aliphatic rings. The second-order valence-electron chi connectivity index (χ2n) is 3.18. The molecule has 0 fully saturated rings. The van der Waals surface area contributed by atoms with E-state index in [0.717, 1.165) is 0 Å². The zero-order valence-electron chi connectivity index (χ0n) is 8.70. The minimum absolute atomic E-state index is 1.24. The van der Waals surface area contributed by atoms with Crippen molar-refractivity contribution < 1.29 is 14.7 Å². The minimum atomic E-state index is 1.24. The number of allylic oxidation sites excluding steroid dienone is 7. The van der Waals surface area contributed by atoms with Gasteiger partial charge in [0.05, 0.1) is 0 Å². The number of hydrogen-bond donors (Lipinski definition) is 0. The molecule has 0 radical (unpaired) electrons. The van der Waals surface area contributed by atoms with Crippen LogP contribution in [0, 0.1) is 0 Å². The third-order valence-electron chi connectivity index (χ3n) is 1.98. The first-order chi connectivity index (χ1) is 6.93. The van der Waals surface area contributed by atoms with E-state index in [0.29, 0.717) is 0 Å². The Kier molecular flexibility index (Phi) is 6.46. The van der Waals surface area contributed by atoms with Gasteiger partial charge in [0.2, 0.25) is 0 Å². The molecule has 0 saturated carbocycles. The van der Waals surface area contributed by atoms with Crippen LogP contribution in [0.25, 0.3) is 0 Å². The standard InChI is InChI=1S/C8H11.C5H7.Co/c1-2-4-6-8-7-5-3-1;1-3-5-4-2;/h1-3H,4,6-8H2;1,3-5H,2H3;. The molecular weight excluding hydrogens is 215 g/mol. The summed E-state index contributed by atoms with van der Waals surface area (Å²) in [6, 6.07) is 0. The van der Waals surface area contributed by atoms with Gasteiger partial charge in [-0.05, 0) is 0 Å². The van der Waals surface area contributed by atoms with E-state index in [1.54, 1.807) is 0 Å². The van der Waals surface area contributed by atoms with E-state index in [1.807, 2.05) is 6.92 Å². The summed E-state index contributed by atoms with van der Waals surface area (Å²) in [5, 5.41) is 2.21. The van der Waals surface area contributed by atoms with Gasteiger partial charge in [-0.3, -0.25) is 0 Å². The van der Waals surface area contributed by atoms with Crippen molar-refractivity contribution in [3.63, 3.8) is 0 Å². The van der Waals surface area contributed by atoms with Crippen LogP contribution in [-0.2, 0) is 14.7 Å². The van der Waals surface area contributed by atoms with E-state index >= 15 is 0 Å². The topological polar surface area (TPSA) is 0 Å². The van der Waals surface area contributed by atoms with Crippen LogP contribution in [0.1, 0.15) is 32.6 Å². The first kappa shape index (κ1) is 11.5. The Balaban J connectivity index is 2.40. The monoisotopic (exact) mass is 233 g/mol. The van der Waals surface area contributed by atoms with Crippen molar-refractivity contribution in [2.45, 2.75) is 32.6 Å². The van der Waals surface area contributed by atoms with Crippen LogP contribution in [0.15, 0.2) is 46.0 Å². The van der Waals surface area contributed by atoms with Crippen molar-refractivity contribution >= 4 is 0 Å². The summed E-state index contributed by atoms with van der Waals surface area (Å²) in [7, 11) is 0. The molecule has 0 aromatic heterocycles.